The average Bonchev–Trinajstić information content (AvgIpc) is 2.55. The number of hydrazone groups is 1. The first-order valence-corrected chi connectivity index (χ1v) is 8.20. The Morgan fingerprint density at radius 3 is 2.23 bits per heavy atom. The molecular formula is C19H19ClN2O4. The van der Waals surface area contributed by atoms with E-state index in [9.17, 15) is 9.59 Å². The molecule has 0 fully saturated rings. The summed E-state index contributed by atoms with van der Waals surface area (Å²) in [5.74, 6) is -0.0862. The molecule has 0 unspecified atom stereocenters. The maximum Gasteiger partial charge on any atom is 0.428 e. The molecule has 0 saturated heterocycles. The smallest absolute Gasteiger partial charge is 0.428 e. The van der Waals surface area contributed by atoms with Crippen LogP contribution >= 0.6 is 11.6 Å². The van der Waals surface area contributed by atoms with Crippen molar-refractivity contribution >= 4 is 29.9 Å². The molecule has 2 aromatic rings. The zero-order valence-electron chi connectivity index (χ0n) is 14.7. The Bertz CT molecular complexity index is 794. The molecule has 1 amide bonds. The van der Waals surface area contributed by atoms with Crippen molar-refractivity contribution in [3.63, 3.8) is 0 Å². The maximum absolute atomic E-state index is 12.0. The minimum absolute atomic E-state index is 0.391. The number of nitrogens with zero attached hydrogens (tertiary/aromatic N) is 1. The van der Waals surface area contributed by atoms with E-state index in [-0.39, 0.29) is 0 Å². The van der Waals surface area contributed by atoms with Crippen LogP contribution in [-0.4, -0.2) is 23.9 Å². The van der Waals surface area contributed by atoms with E-state index < -0.39 is 17.7 Å². The number of rotatable bonds is 4. The van der Waals surface area contributed by atoms with Crippen molar-refractivity contribution in [1.82, 2.24) is 5.43 Å². The Hall–Kier alpha value is -2.86. The van der Waals surface area contributed by atoms with Gasteiger partial charge in [-0.25, -0.2) is 15.0 Å². The van der Waals surface area contributed by atoms with Crippen LogP contribution < -0.4 is 10.2 Å². The van der Waals surface area contributed by atoms with Crippen molar-refractivity contribution in [3.05, 3.63) is 64.7 Å². The number of halogens is 1. The number of hydrogen-bond acceptors (Lipinski definition) is 5. The van der Waals surface area contributed by atoms with Crippen molar-refractivity contribution < 1.29 is 19.1 Å². The molecule has 136 valence electrons. The lowest BCUT2D eigenvalue weighted by molar-refractivity contribution is 0.0529. The third-order valence-electron chi connectivity index (χ3n) is 2.94. The fraction of sp³-hybridized carbons (Fsp3) is 0.211. The maximum atomic E-state index is 12.0. The SMILES string of the molecule is CC(C)(C)OC(=O)N/N=C/c1ccc(OC(=O)c2ccc(Cl)cc2)cc1. The predicted molar refractivity (Wildman–Crippen MR) is 99.8 cm³/mol. The molecule has 0 aliphatic rings. The molecule has 1 N–H and O–H groups in total. The van der Waals surface area contributed by atoms with E-state index in [2.05, 4.69) is 10.5 Å². The highest BCUT2D eigenvalue weighted by Gasteiger charge is 2.15. The zero-order chi connectivity index (χ0) is 19.2. The minimum atomic E-state index is -0.637. The zero-order valence-corrected chi connectivity index (χ0v) is 15.4. The van der Waals surface area contributed by atoms with Crippen molar-refractivity contribution in [2.24, 2.45) is 5.10 Å². The summed E-state index contributed by atoms with van der Waals surface area (Å²) in [5.41, 5.74) is 2.80. The summed E-state index contributed by atoms with van der Waals surface area (Å²) in [6.45, 7) is 5.29. The molecular weight excluding hydrogens is 356 g/mol. The summed E-state index contributed by atoms with van der Waals surface area (Å²) in [6, 6.07) is 13.1. The largest absolute Gasteiger partial charge is 0.443 e. The van der Waals surface area contributed by atoms with Gasteiger partial charge in [0.1, 0.15) is 11.4 Å². The van der Waals surface area contributed by atoms with E-state index >= 15 is 0 Å². The van der Waals surface area contributed by atoms with Gasteiger partial charge in [0.15, 0.2) is 0 Å². The van der Waals surface area contributed by atoms with Crippen LogP contribution in [0.5, 0.6) is 5.75 Å². The number of ether oxygens (including phenoxy) is 2. The van der Waals surface area contributed by atoms with E-state index in [1.807, 2.05) is 0 Å². The molecule has 0 aliphatic carbocycles. The van der Waals surface area contributed by atoms with Gasteiger partial charge in [0.05, 0.1) is 11.8 Å². The molecule has 7 heteroatoms. The van der Waals surface area contributed by atoms with Gasteiger partial charge in [-0.1, -0.05) is 11.6 Å². The number of amides is 1. The van der Waals surface area contributed by atoms with E-state index in [1.165, 1.54) is 6.21 Å². The molecule has 0 heterocycles. The lowest BCUT2D eigenvalue weighted by atomic mass is 10.2. The minimum Gasteiger partial charge on any atom is -0.443 e. The van der Waals surface area contributed by atoms with Crippen molar-refractivity contribution in [1.29, 1.82) is 0 Å². The Balaban J connectivity index is 1.89. The molecule has 26 heavy (non-hydrogen) atoms. The van der Waals surface area contributed by atoms with E-state index in [1.54, 1.807) is 69.3 Å². The second-order valence-electron chi connectivity index (χ2n) is 6.34. The van der Waals surface area contributed by atoms with Crippen LogP contribution in [0, 0.1) is 0 Å². The summed E-state index contributed by atoms with van der Waals surface area (Å²) >= 11 is 5.79. The molecule has 0 aliphatic heterocycles. The first kappa shape index (κ1) is 19.5. The molecule has 0 atom stereocenters. The van der Waals surface area contributed by atoms with E-state index in [0.717, 1.165) is 0 Å². The van der Waals surface area contributed by atoms with Gasteiger partial charge in [-0.3, -0.25) is 0 Å². The van der Waals surface area contributed by atoms with E-state index in [0.29, 0.717) is 21.9 Å². The molecule has 0 spiro atoms. The quantitative estimate of drug-likeness (QED) is 0.372. The lowest BCUT2D eigenvalue weighted by Gasteiger charge is -2.18. The molecule has 0 aromatic heterocycles. The summed E-state index contributed by atoms with van der Waals surface area (Å²) < 4.78 is 10.3. The number of carbonyl (C=O) groups is 2. The number of carbonyl (C=O) groups excluding carboxylic acids is 2. The van der Waals surface area contributed by atoms with Crippen molar-refractivity contribution in [2.45, 2.75) is 26.4 Å². The summed E-state index contributed by atoms with van der Waals surface area (Å²) in [6.07, 6.45) is 0.816. The number of esters is 1. The highest BCUT2D eigenvalue weighted by molar-refractivity contribution is 6.30. The first-order valence-electron chi connectivity index (χ1n) is 7.83. The monoisotopic (exact) mass is 374 g/mol. The summed E-state index contributed by atoms with van der Waals surface area (Å²) in [7, 11) is 0. The van der Waals surface area contributed by atoms with Gasteiger partial charge in [-0.05, 0) is 74.9 Å². The van der Waals surface area contributed by atoms with Crippen LogP contribution in [0.25, 0.3) is 0 Å². The Labute approximate surface area is 156 Å². The molecule has 2 rings (SSSR count). The fourth-order valence-electron chi connectivity index (χ4n) is 1.83. The highest BCUT2D eigenvalue weighted by Crippen LogP contribution is 2.15. The molecule has 0 bridgehead atoms. The van der Waals surface area contributed by atoms with Crippen LogP contribution in [0.2, 0.25) is 5.02 Å². The van der Waals surface area contributed by atoms with E-state index in [4.69, 9.17) is 21.1 Å². The van der Waals surface area contributed by atoms with Crippen LogP contribution in [0.15, 0.2) is 53.6 Å². The lowest BCUT2D eigenvalue weighted by Crippen LogP contribution is -2.29. The Morgan fingerprint density at radius 2 is 1.65 bits per heavy atom. The molecule has 6 nitrogen and oxygen atoms in total. The second-order valence-corrected chi connectivity index (χ2v) is 6.77. The number of hydrogen-bond donors (Lipinski definition) is 1. The predicted octanol–water partition coefficient (Wildman–Crippen LogP) is 4.42. The van der Waals surface area contributed by atoms with Gasteiger partial charge < -0.3 is 9.47 Å². The van der Waals surface area contributed by atoms with Gasteiger partial charge in [-0.2, -0.15) is 5.10 Å². The van der Waals surface area contributed by atoms with Crippen molar-refractivity contribution in [3.8, 4) is 5.75 Å². The van der Waals surface area contributed by atoms with Crippen LogP contribution in [0.4, 0.5) is 4.79 Å². The topological polar surface area (TPSA) is 77.0 Å². The van der Waals surface area contributed by atoms with Crippen LogP contribution in [0.3, 0.4) is 0 Å². The fourth-order valence-corrected chi connectivity index (χ4v) is 1.96. The van der Waals surface area contributed by atoms with Gasteiger partial charge in [-0.15, -0.1) is 0 Å². The summed E-state index contributed by atoms with van der Waals surface area (Å²) in [4.78, 5) is 23.5. The molecule has 0 radical (unpaired) electrons. The standard InChI is InChI=1S/C19H19ClN2O4/c1-19(2,3)26-18(24)22-21-12-13-4-10-16(11-5-13)25-17(23)14-6-8-15(20)9-7-14/h4-12H,1-3H3,(H,22,24)/b21-12+. The first-order chi connectivity index (χ1) is 12.2. The number of nitrogens with one attached hydrogen (secondary N) is 1. The third-order valence-corrected chi connectivity index (χ3v) is 3.19. The van der Waals surface area contributed by atoms with Crippen LogP contribution in [0.1, 0.15) is 36.7 Å². The second kappa shape index (κ2) is 8.49. The van der Waals surface area contributed by atoms with Crippen molar-refractivity contribution in [2.75, 3.05) is 0 Å². The number of benzene rings is 2. The summed E-state index contributed by atoms with van der Waals surface area (Å²) in [5, 5.41) is 4.35. The van der Waals surface area contributed by atoms with Crippen LogP contribution in [-0.2, 0) is 4.74 Å². The Morgan fingerprint density at radius 1 is 1.04 bits per heavy atom. The van der Waals surface area contributed by atoms with Gasteiger partial charge in [0, 0.05) is 5.02 Å². The average molecular weight is 375 g/mol. The Kier molecular flexibility index (Phi) is 6.36. The molecule has 2 aromatic carbocycles. The normalized spacial score (nSPS) is 11.2. The van der Waals surface area contributed by atoms with Gasteiger partial charge >= 0.3 is 12.1 Å². The van der Waals surface area contributed by atoms with Gasteiger partial charge in [0.2, 0.25) is 0 Å². The molecule has 0 saturated carbocycles. The highest BCUT2D eigenvalue weighted by atomic mass is 35.5. The third kappa shape index (κ3) is 6.57. The van der Waals surface area contributed by atoms with Gasteiger partial charge in [0.25, 0.3) is 0 Å².